The Morgan fingerprint density at radius 2 is 1.80 bits per heavy atom. The lowest BCUT2D eigenvalue weighted by molar-refractivity contribution is -0.145. The highest BCUT2D eigenvalue weighted by atomic mass is 32.1. The van der Waals surface area contributed by atoms with Gasteiger partial charge in [0.05, 0.1) is 11.0 Å². The second-order valence-corrected chi connectivity index (χ2v) is 14.2. The fourth-order valence-corrected chi connectivity index (χ4v) is 7.62. The summed E-state index contributed by atoms with van der Waals surface area (Å²) < 4.78 is 45.5. The van der Waals surface area contributed by atoms with Crippen molar-refractivity contribution in [3.05, 3.63) is 23.4 Å². The van der Waals surface area contributed by atoms with E-state index in [9.17, 15) is 32.3 Å². The number of fused-ring (bicyclic) bond motifs is 1. The molecule has 3 aliphatic heterocycles. The molecule has 0 radical (unpaired) electrons. The summed E-state index contributed by atoms with van der Waals surface area (Å²) in [6, 6.07) is 1.98. The molecule has 240 valence electrons. The number of nitrogens with zero attached hydrogens (tertiary/aromatic N) is 4. The van der Waals surface area contributed by atoms with E-state index in [1.165, 1.54) is 11.0 Å². The highest BCUT2D eigenvalue weighted by Gasteiger charge is 2.54. The Bertz CT molecular complexity index is 1480. The van der Waals surface area contributed by atoms with E-state index in [4.69, 9.17) is 4.74 Å². The molecule has 0 aromatic carbocycles. The van der Waals surface area contributed by atoms with Crippen LogP contribution in [0, 0.1) is 5.41 Å². The molecule has 1 atom stereocenters. The maximum Gasteiger partial charge on any atom is 0.433 e. The quantitative estimate of drug-likeness (QED) is 0.440. The molecule has 1 unspecified atom stereocenters. The maximum absolute atomic E-state index is 13.9. The summed E-state index contributed by atoms with van der Waals surface area (Å²) in [6.45, 7) is 10.8. The Hall–Kier alpha value is -3.26. The van der Waals surface area contributed by atoms with Gasteiger partial charge in [-0.05, 0) is 79.0 Å². The van der Waals surface area contributed by atoms with E-state index in [-0.39, 0.29) is 51.1 Å². The van der Waals surface area contributed by atoms with Gasteiger partial charge in [-0.2, -0.15) is 13.2 Å². The zero-order valence-electron chi connectivity index (χ0n) is 25.5. The first kappa shape index (κ1) is 32.1. The Kier molecular flexibility index (Phi) is 8.47. The van der Waals surface area contributed by atoms with Crippen LogP contribution in [-0.4, -0.2) is 87.4 Å². The van der Waals surface area contributed by atoms with E-state index in [0.717, 1.165) is 30.4 Å². The van der Waals surface area contributed by atoms with Gasteiger partial charge in [-0.1, -0.05) is 11.3 Å². The lowest BCUT2D eigenvalue weighted by atomic mass is 9.77. The lowest BCUT2D eigenvalue weighted by Crippen LogP contribution is -2.54. The van der Waals surface area contributed by atoms with Crippen LogP contribution in [0.3, 0.4) is 0 Å². The van der Waals surface area contributed by atoms with Gasteiger partial charge in [0.2, 0.25) is 11.8 Å². The van der Waals surface area contributed by atoms with Gasteiger partial charge in [0.15, 0.2) is 0 Å². The van der Waals surface area contributed by atoms with Gasteiger partial charge >= 0.3 is 12.3 Å². The number of halogens is 3. The first-order chi connectivity index (χ1) is 20.5. The van der Waals surface area contributed by atoms with Crippen LogP contribution in [0.4, 0.5) is 23.0 Å². The third-order valence-electron chi connectivity index (χ3n) is 8.50. The molecule has 44 heavy (non-hydrogen) atoms. The Balaban J connectivity index is 1.33. The molecule has 3 fully saturated rings. The number of anilines is 1. The van der Waals surface area contributed by atoms with Crippen molar-refractivity contribution in [1.82, 2.24) is 19.7 Å². The second kappa shape index (κ2) is 11.6. The van der Waals surface area contributed by atoms with E-state index < -0.39 is 34.9 Å². The number of hydrogen-bond acceptors (Lipinski definition) is 8. The molecule has 3 aliphatic rings. The van der Waals surface area contributed by atoms with Gasteiger partial charge in [0.25, 0.3) is 5.91 Å². The molecule has 5 rings (SSSR count). The zero-order valence-corrected chi connectivity index (χ0v) is 26.4. The van der Waals surface area contributed by atoms with Crippen LogP contribution in [0.2, 0.25) is 0 Å². The molecular weight excluding hydrogens is 599 g/mol. The number of thiophene rings is 1. The third-order valence-corrected chi connectivity index (χ3v) is 9.51. The number of aromatic nitrogens is 1. The summed E-state index contributed by atoms with van der Waals surface area (Å²) in [5.41, 5.74) is -2.54. The smallest absolute Gasteiger partial charge is 0.433 e. The summed E-state index contributed by atoms with van der Waals surface area (Å²) in [4.78, 5) is 61.5. The lowest BCUT2D eigenvalue weighted by Gasteiger charge is -2.45. The van der Waals surface area contributed by atoms with E-state index in [1.807, 2.05) is 13.8 Å². The summed E-state index contributed by atoms with van der Waals surface area (Å²) in [7, 11) is 0. The summed E-state index contributed by atoms with van der Waals surface area (Å²) in [5, 5.41) is 2.85. The van der Waals surface area contributed by atoms with Gasteiger partial charge < -0.3 is 9.64 Å². The predicted octanol–water partition coefficient (Wildman–Crippen LogP) is 5.52. The predicted molar refractivity (Wildman–Crippen MR) is 158 cm³/mol. The molecule has 14 heteroatoms. The van der Waals surface area contributed by atoms with Crippen molar-refractivity contribution >= 4 is 50.4 Å². The van der Waals surface area contributed by atoms with Crippen LogP contribution < -0.4 is 5.32 Å². The zero-order chi connectivity index (χ0) is 32.2. The topological polar surface area (TPSA) is 112 Å². The molecule has 3 saturated heterocycles. The van der Waals surface area contributed by atoms with Crippen molar-refractivity contribution in [3.63, 3.8) is 0 Å². The average molecular weight is 638 g/mol. The number of imide groups is 1. The van der Waals surface area contributed by atoms with Crippen molar-refractivity contribution in [2.75, 3.05) is 31.5 Å². The van der Waals surface area contributed by atoms with Crippen molar-refractivity contribution < 1.29 is 37.1 Å². The minimum absolute atomic E-state index is 0.0195. The van der Waals surface area contributed by atoms with Crippen LogP contribution in [0.5, 0.6) is 0 Å². The minimum atomic E-state index is -4.67. The summed E-state index contributed by atoms with van der Waals surface area (Å²) >= 11 is 0.795. The van der Waals surface area contributed by atoms with Crippen molar-refractivity contribution in [2.24, 2.45) is 5.41 Å². The fraction of sp³-hybridized carbons (Fsp3) is 0.633. The Morgan fingerprint density at radius 3 is 2.39 bits per heavy atom. The molecule has 0 aliphatic carbocycles. The molecule has 1 spiro atoms. The van der Waals surface area contributed by atoms with E-state index in [0.29, 0.717) is 38.9 Å². The van der Waals surface area contributed by atoms with Crippen LogP contribution in [-0.2, 0) is 20.5 Å². The highest BCUT2D eigenvalue weighted by Crippen LogP contribution is 2.43. The van der Waals surface area contributed by atoms with Crippen molar-refractivity contribution in [2.45, 2.75) is 90.6 Å². The van der Waals surface area contributed by atoms with E-state index in [1.54, 1.807) is 25.7 Å². The van der Waals surface area contributed by atoms with Crippen LogP contribution >= 0.6 is 11.3 Å². The Labute approximate surface area is 257 Å². The number of carbonyl (C=O) groups is 4. The fourth-order valence-electron chi connectivity index (χ4n) is 6.56. The molecule has 10 nitrogen and oxygen atoms in total. The number of amides is 4. The molecule has 5 heterocycles. The number of pyridine rings is 1. The average Bonchev–Trinajstić information content (AvgIpc) is 3.39. The molecule has 0 bridgehead atoms. The normalized spacial score (nSPS) is 22.5. The SMILES string of the molecule is CC(C)N1C(=O)CC2(CCCN(C3CCN(C(=O)c4c(NC(=O)OC(C)(C)C)sc5nc(C(F)(F)F)ccc45)CC3)C2)C1=O. The van der Waals surface area contributed by atoms with Crippen LogP contribution in [0.15, 0.2) is 12.1 Å². The van der Waals surface area contributed by atoms with Gasteiger partial charge in [0, 0.05) is 43.5 Å². The van der Waals surface area contributed by atoms with Gasteiger partial charge in [-0.25, -0.2) is 9.78 Å². The monoisotopic (exact) mass is 637 g/mol. The molecule has 1 N–H and O–H groups in total. The van der Waals surface area contributed by atoms with Gasteiger partial charge in [-0.15, -0.1) is 0 Å². The number of carbonyl (C=O) groups excluding carboxylic acids is 4. The number of hydrogen-bond donors (Lipinski definition) is 1. The second-order valence-electron chi connectivity index (χ2n) is 13.2. The molecule has 0 saturated carbocycles. The van der Waals surface area contributed by atoms with Crippen molar-refractivity contribution in [3.8, 4) is 0 Å². The molecule has 2 aromatic rings. The third kappa shape index (κ3) is 6.28. The van der Waals surface area contributed by atoms with Crippen LogP contribution in [0.25, 0.3) is 10.2 Å². The Morgan fingerprint density at radius 1 is 1.11 bits per heavy atom. The van der Waals surface area contributed by atoms with Crippen LogP contribution in [0.1, 0.15) is 82.8 Å². The largest absolute Gasteiger partial charge is 0.444 e. The standard InChI is InChI=1S/C30H38F3N5O5S/c1-17(2)38-21(39)15-29(26(38)41)11-6-12-37(16-29)18-9-13-36(14-10-18)25(40)22-19-7-8-20(30(31,32)33)34-23(19)44-24(22)35-27(42)43-28(3,4)5/h7-8,17-18H,6,9-16H2,1-5H3,(H,35,42). The first-order valence-electron chi connectivity index (χ1n) is 14.9. The molecule has 4 amide bonds. The van der Waals surface area contributed by atoms with Gasteiger partial charge in [-0.3, -0.25) is 29.5 Å². The number of likely N-dealkylation sites (tertiary alicyclic amines) is 3. The van der Waals surface area contributed by atoms with E-state index >= 15 is 0 Å². The van der Waals surface area contributed by atoms with E-state index in [2.05, 4.69) is 15.2 Å². The van der Waals surface area contributed by atoms with Crippen molar-refractivity contribution in [1.29, 1.82) is 0 Å². The minimum Gasteiger partial charge on any atom is -0.444 e. The molecule has 2 aromatic heterocycles. The molecular formula is C30H38F3N5O5S. The number of piperidine rings is 2. The maximum atomic E-state index is 13.9. The highest BCUT2D eigenvalue weighted by molar-refractivity contribution is 7.23. The number of nitrogens with one attached hydrogen (secondary N) is 1. The van der Waals surface area contributed by atoms with Gasteiger partial charge in [0.1, 0.15) is 21.1 Å². The number of rotatable bonds is 4. The number of alkyl halides is 3. The number of ether oxygens (including phenoxy) is 1. The first-order valence-corrected chi connectivity index (χ1v) is 15.7. The summed E-state index contributed by atoms with van der Waals surface area (Å²) in [6.07, 6.45) is -2.53. The summed E-state index contributed by atoms with van der Waals surface area (Å²) in [5.74, 6) is -0.629.